The molecular weight excluding hydrogens is 240 g/mol. The zero-order valence-corrected chi connectivity index (χ0v) is 10.8. The van der Waals surface area contributed by atoms with Gasteiger partial charge in [0.2, 0.25) is 0 Å². The number of benzene rings is 1. The van der Waals surface area contributed by atoms with Gasteiger partial charge >= 0.3 is 0 Å². The third kappa shape index (κ3) is 2.57. The molecule has 1 aliphatic rings. The van der Waals surface area contributed by atoms with Gasteiger partial charge in [-0.05, 0) is 31.0 Å². The van der Waals surface area contributed by atoms with Crippen LogP contribution < -0.4 is 4.74 Å². The average molecular weight is 257 g/mol. The number of rotatable bonds is 3. The van der Waals surface area contributed by atoms with Crippen LogP contribution in [0.25, 0.3) is 0 Å². The Morgan fingerprint density at radius 1 is 1.53 bits per heavy atom. The van der Waals surface area contributed by atoms with Gasteiger partial charge in [0.1, 0.15) is 5.75 Å². The van der Waals surface area contributed by atoms with Crippen LogP contribution in [-0.4, -0.2) is 24.9 Å². The van der Waals surface area contributed by atoms with Crippen LogP contribution in [0, 0.1) is 5.92 Å². The molecular formula is C13H17ClO3. The Morgan fingerprint density at radius 2 is 2.29 bits per heavy atom. The molecule has 1 N–H and O–H groups in total. The molecule has 3 atom stereocenters. The van der Waals surface area contributed by atoms with Crippen molar-refractivity contribution in [2.75, 3.05) is 13.7 Å². The molecule has 0 amide bonds. The molecule has 0 radical (unpaired) electrons. The van der Waals surface area contributed by atoms with E-state index in [-0.39, 0.29) is 12.0 Å². The fourth-order valence-corrected chi connectivity index (χ4v) is 2.47. The molecule has 2 rings (SSSR count). The maximum Gasteiger partial charge on any atom is 0.137 e. The van der Waals surface area contributed by atoms with E-state index in [1.807, 2.05) is 13.0 Å². The van der Waals surface area contributed by atoms with E-state index in [1.54, 1.807) is 19.2 Å². The Morgan fingerprint density at radius 3 is 2.88 bits per heavy atom. The molecule has 1 aliphatic heterocycles. The molecule has 1 heterocycles. The molecule has 1 aromatic carbocycles. The van der Waals surface area contributed by atoms with Gasteiger partial charge in [0.05, 0.1) is 24.3 Å². The molecule has 0 bridgehead atoms. The van der Waals surface area contributed by atoms with Gasteiger partial charge in [0.15, 0.2) is 0 Å². The van der Waals surface area contributed by atoms with Gasteiger partial charge in [0.25, 0.3) is 0 Å². The average Bonchev–Trinajstić information content (AvgIpc) is 2.75. The molecule has 0 aromatic heterocycles. The number of methoxy groups -OCH3 is 1. The van der Waals surface area contributed by atoms with Gasteiger partial charge in [-0.25, -0.2) is 0 Å². The van der Waals surface area contributed by atoms with Crippen LogP contribution in [0.15, 0.2) is 18.2 Å². The summed E-state index contributed by atoms with van der Waals surface area (Å²) in [6, 6.07) is 5.37. The zero-order chi connectivity index (χ0) is 12.4. The minimum Gasteiger partial charge on any atom is -0.495 e. The Labute approximate surface area is 106 Å². The highest BCUT2D eigenvalue weighted by molar-refractivity contribution is 6.32. The first-order chi connectivity index (χ1) is 8.13. The highest BCUT2D eigenvalue weighted by Gasteiger charge is 2.31. The number of hydrogen-bond donors (Lipinski definition) is 1. The van der Waals surface area contributed by atoms with Gasteiger partial charge in [0, 0.05) is 12.5 Å². The summed E-state index contributed by atoms with van der Waals surface area (Å²) in [6.45, 7) is 2.71. The van der Waals surface area contributed by atoms with Crippen molar-refractivity contribution in [3.63, 3.8) is 0 Å². The Balaban J connectivity index is 2.21. The first kappa shape index (κ1) is 12.7. The van der Waals surface area contributed by atoms with E-state index in [1.165, 1.54) is 0 Å². The summed E-state index contributed by atoms with van der Waals surface area (Å²) in [5.74, 6) is 0.732. The van der Waals surface area contributed by atoms with Crippen molar-refractivity contribution < 1.29 is 14.6 Å². The van der Waals surface area contributed by atoms with E-state index in [0.29, 0.717) is 17.4 Å². The predicted octanol–water partition coefficient (Wildman–Crippen LogP) is 2.81. The van der Waals surface area contributed by atoms with E-state index in [2.05, 4.69) is 0 Å². The van der Waals surface area contributed by atoms with Crippen LogP contribution in [0.4, 0.5) is 0 Å². The number of halogens is 1. The molecule has 1 aromatic rings. The quantitative estimate of drug-likeness (QED) is 0.904. The standard InChI is InChI=1S/C13H17ClO3/c1-8-10(5-6-17-8)13(15)9-3-4-11(14)12(7-9)16-2/h3-4,7-8,10,13,15H,5-6H2,1-2H3. The smallest absolute Gasteiger partial charge is 0.137 e. The molecule has 1 fully saturated rings. The third-order valence-corrected chi connectivity index (χ3v) is 3.67. The van der Waals surface area contributed by atoms with Crippen LogP contribution in [0.1, 0.15) is 25.0 Å². The predicted molar refractivity (Wildman–Crippen MR) is 66.5 cm³/mol. The normalized spacial score (nSPS) is 25.9. The minimum absolute atomic E-state index is 0.0895. The second kappa shape index (κ2) is 5.25. The highest BCUT2D eigenvalue weighted by atomic mass is 35.5. The van der Waals surface area contributed by atoms with E-state index in [0.717, 1.165) is 12.0 Å². The van der Waals surface area contributed by atoms with E-state index in [4.69, 9.17) is 21.1 Å². The van der Waals surface area contributed by atoms with Crippen LogP contribution >= 0.6 is 11.6 Å². The van der Waals surface area contributed by atoms with Crippen LogP contribution in [-0.2, 0) is 4.74 Å². The lowest BCUT2D eigenvalue weighted by molar-refractivity contribution is 0.0430. The number of aliphatic hydroxyl groups excluding tert-OH is 1. The zero-order valence-electron chi connectivity index (χ0n) is 10.0. The highest BCUT2D eigenvalue weighted by Crippen LogP contribution is 2.36. The van der Waals surface area contributed by atoms with Crippen molar-refractivity contribution >= 4 is 11.6 Å². The lowest BCUT2D eigenvalue weighted by atomic mass is 9.91. The van der Waals surface area contributed by atoms with E-state index < -0.39 is 6.10 Å². The molecule has 0 saturated carbocycles. The molecule has 0 aliphatic carbocycles. The van der Waals surface area contributed by atoms with Gasteiger partial charge < -0.3 is 14.6 Å². The van der Waals surface area contributed by atoms with Crippen LogP contribution in [0.2, 0.25) is 5.02 Å². The van der Waals surface area contributed by atoms with Crippen molar-refractivity contribution in [3.8, 4) is 5.75 Å². The first-order valence-corrected chi connectivity index (χ1v) is 6.14. The lowest BCUT2D eigenvalue weighted by Crippen LogP contribution is -2.19. The summed E-state index contributed by atoms with van der Waals surface area (Å²) in [4.78, 5) is 0. The molecule has 3 unspecified atom stereocenters. The van der Waals surface area contributed by atoms with Crippen molar-refractivity contribution in [1.82, 2.24) is 0 Å². The van der Waals surface area contributed by atoms with E-state index >= 15 is 0 Å². The number of ether oxygens (including phenoxy) is 2. The summed E-state index contributed by atoms with van der Waals surface area (Å²) in [6.07, 6.45) is 0.443. The number of aliphatic hydroxyl groups is 1. The summed E-state index contributed by atoms with van der Waals surface area (Å²) in [7, 11) is 1.57. The largest absolute Gasteiger partial charge is 0.495 e. The van der Waals surface area contributed by atoms with Gasteiger partial charge in [-0.1, -0.05) is 17.7 Å². The van der Waals surface area contributed by atoms with Crippen molar-refractivity contribution in [3.05, 3.63) is 28.8 Å². The molecule has 0 spiro atoms. The lowest BCUT2D eigenvalue weighted by Gasteiger charge is -2.21. The van der Waals surface area contributed by atoms with Crippen LogP contribution in [0.5, 0.6) is 5.75 Å². The summed E-state index contributed by atoms with van der Waals surface area (Å²) < 4.78 is 10.6. The maximum absolute atomic E-state index is 10.3. The monoisotopic (exact) mass is 256 g/mol. The summed E-state index contributed by atoms with van der Waals surface area (Å²) in [5.41, 5.74) is 0.827. The molecule has 94 valence electrons. The summed E-state index contributed by atoms with van der Waals surface area (Å²) >= 11 is 5.96. The fourth-order valence-electron chi connectivity index (χ4n) is 2.27. The third-order valence-electron chi connectivity index (χ3n) is 3.36. The van der Waals surface area contributed by atoms with E-state index in [9.17, 15) is 5.11 Å². The Hall–Kier alpha value is -0.770. The minimum atomic E-state index is -0.529. The Bertz CT molecular complexity index is 394. The molecule has 1 saturated heterocycles. The maximum atomic E-state index is 10.3. The molecule has 17 heavy (non-hydrogen) atoms. The van der Waals surface area contributed by atoms with Gasteiger partial charge in [-0.15, -0.1) is 0 Å². The molecule has 3 nitrogen and oxygen atoms in total. The Kier molecular flexibility index (Phi) is 3.92. The SMILES string of the molecule is COc1cc(C(O)C2CCOC2C)ccc1Cl. The second-order valence-electron chi connectivity index (χ2n) is 4.37. The van der Waals surface area contributed by atoms with Crippen molar-refractivity contribution in [2.24, 2.45) is 5.92 Å². The first-order valence-electron chi connectivity index (χ1n) is 5.76. The van der Waals surface area contributed by atoms with Crippen molar-refractivity contribution in [1.29, 1.82) is 0 Å². The fraction of sp³-hybridized carbons (Fsp3) is 0.538. The topological polar surface area (TPSA) is 38.7 Å². The second-order valence-corrected chi connectivity index (χ2v) is 4.77. The summed E-state index contributed by atoms with van der Waals surface area (Å²) in [5, 5.41) is 10.9. The van der Waals surface area contributed by atoms with Gasteiger partial charge in [-0.2, -0.15) is 0 Å². The van der Waals surface area contributed by atoms with Crippen LogP contribution in [0.3, 0.4) is 0 Å². The van der Waals surface area contributed by atoms with Crippen molar-refractivity contribution in [2.45, 2.75) is 25.6 Å². The van der Waals surface area contributed by atoms with Gasteiger partial charge in [-0.3, -0.25) is 0 Å². The molecule has 4 heteroatoms. The number of hydrogen-bond acceptors (Lipinski definition) is 3.